The molecule has 208 valence electrons. The van der Waals surface area contributed by atoms with Crippen LogP contribution in [0.2, 0.25) is 0 Å². The zero-order chi connectivity index (χ0) is 27.3. The molecule has 0 radical (unpaired) electrons. The first-order valence-corrected chi connectivity index (χ1v) is 14.3. The minimum atomic E-state index is -0.722. The summed E-state index contributed by atoms with van der Waals surface area (Å²) in [5, 5.41) is 12.3. The second-order valence-corrected chi connectivity index (χ2v) is 13.5. The van der Waals surface area contributed by atoms with E-state index < -0.39 is 40.7 Å². The third-order valence-corrected chi connectivity index (χ3v) is 11.8. The molecule has 7 heteroatoms. The number of ether oxygens (including phenoxy) is 3. The van der Waals surface area contributed by atoms with Gasteiger partial charge in [-0.05, 0) is 48.1 Å². The first kappa shape index (κ1) is 26.1. The molecule has 38 heavy (non-hydrogen) atoms. The second kappa shape index (κ2) is 8.44. The number of carbonyl (C=O) groups excluding carboxylic acids is 2. The summed E-state index contributed by atoms with van der Waals surface area (Å²) >= 11 is 0. The molecule has 1 aromatic rings. The quantitative estimate of drug-likeness (QED) is 0.427. The summed E-state index contributed by atoms with van der Waals surface area (Å²) in [6.45, 7) is 12.6. The lowest BCUT2D eigenvalue weighted by Gasteiger charge is -2.69. The van der Waals surface area contributed by atoms with Crippen LogP contribution in [0.15, 0.2) is 34.7 Å². The summed E-state index contributed by atoms with van der Waals surface area (Å²) in [5.74, 6) is -0.339. The van der Waals surface area contributed by atoms with E-state index in [0.717, 1.165) is 19.3 Å². The first-order chi connectivity index (χ1) is 17.9. The molecule has 0 amide bonds. The van der Waals surface area contributed by atoms with Crippen LogP contribution in [0.3, 0.4) is 0 Å². The molecule has 6 rings (SSSR count). The smallest absolute Gasteiger partial charge is 0.305 e. The average molecular weight is 527 g/mol. The number of aliphatic hydroxyl groups excluding tert-OH is 1. The van der Waals surface area contributed by atoms with Crippen LogP contribution in [-0.4, -0.2) is 48.1 Å². The van der Waals surface area contributed by atoms with Crippen molar-refractivity contribution in [2.75, 3.05) is 6.61 Å². The fourth-order valence-corrected chi connectivity index (χ4v) is 10.3. The summed E-state index contributed by atoms with van der Waals surface area (Å²) in [6.07, 6.45) is 7.44. The van der Waals surface area contributed by atoms with Crippen molar-refractivity contribution in [1.82, 2.24) is 0 Å². The summed E-state index contributed by atoms with van der Waals surface area (Å²) < 4.78 is 24.1. The Balaban J connectivity index is 1.46. The van der Waals surface area contributed by atoms with E-state index in [1.165, 1.54) is 18.1 Å². The van der Waals surface area contributed by atoms with Gasteiger partial charge in [0.1, 0.15) is 12.2 Å². The standard InChI is InChI=1S/C31H42O7/c1-7-24(33)38-22-14-23(37-17(2)32)31(6)21-10-12-28(3)19(18-11-13-35-15-18)8-9-20(28)30(21,5)27(34)25-26(31)29(22,4)16-36-25/h9,11,13,15,19,21-23,25-27,34H,7-8,10,12,14,16H2,1-6H3/t19-,21-,22+,23-,25+,26-,27+,28-,29+,30-,31-/m0/s1. The highest BCUT2D eigenvalue weighted by Crippen LogP contribution is 2.75. The largest absolute Gasteiger partial charge is 0.472 e. The predicted octanol–water partition coefficient (Wildman–Crippen LogP) is 5.18. The van der Waals surface area contributed by atoms with Crippen molar-refractivity contribution in [3.8, 4) is 0 Å². The number of fused-ring (bicyclic) bond motifs is 4. The van der Waals surface area contributed by atoms with E-state index in [4.69, 9.17) is 18.6 Å². The van der Waals surface area contributed by atoms with Crippen molar-refractivity contribution in [3.63, 3.8) is 0 Å². The number of hydrogen-bond acceptors (Lipinski definition) is 7. The number of aliphatic hydroxyl groups is 1. The third-order valence-electron chi connectivity index (χ3n) is 11.8. The predicted molar refractivity (Wildman–Crippen MR) is 139 cm³/mol. The number of hydrogen-bond donors (Lipinski definition) is 1. The summed E-state index contributed by atoms with van der Waals surface area (Å²) in [7, 11) is 0. The van der Waals surface area contributed by atoms with Crippen molar-refractivity contribution in [2.24, 2.45) is 33.5 Å². The van der Waals surface area contributed by atoms with Crippen LogP contribution in [0.4, 0.5) is 0 Å². The summed E-state index contributed by atoms with van der Waals surface area (Å²) in [4.78, 5) is 24.9. The lowest BCUT2D eigenvalue weighted by Crippen LogP contribution is -2.73. The van der Waals surface area contributed by atoms with Crippen LogP contribution in [0.5, 0.6) is 0 Å². The van der Waals surface area contributed by atoms with Gasteiger partial charge in [-0.15, -0.1) is 0 Å². The van der Waals surface area contributed by atoms with E-state index in [-0.39, 0.29) is 35.6 Å². The molecule has 4 fully saturated rings. The Labute approximate surface area is 225 Å². The maximum atomic E-state index is 12.5. The van der Waals surface area contributed by atoms with Gasteiger partial charge in [0, 0.05) is 41.9 Å². The fourth-order valence-electron chi connectivity index (χ4n) is 10.3. The van der Waals surface area contributed by atoms with Gasteiger partial charge < -0.3 is 23.7 Å². The van der Waals surface area contributed by atoms with E-state index in [1.807, 2.05) is 6.26 Å². The molecule has 0 spiro atoms. The lowest BCUT2D eigenvalue weighted by atomic mass is 9.36. The lowest BCUT2D eigenvalue weighted by molar-refractivity contribution is -0.262. The average Bonchev–Trinajstić information content (AvgIpc) is 3.59. The van der Waals surface area contributed by atoms with E-state index in [9.17, 15) is 14.7 Å². The van der Waals surface area contributed by atoms with Gasteiger partial charge in [0.05, 0.1) is 31.3 Å². The molecule has 1 N–H and O–H groups in total. The van der Waals surface area contributed by atoms with Crippen LogP contribution in [0.1, 0.15) is 85.1 Å². The molecule has 1 aliphatic heterocycles. The van der Waals surface area contributed by atoms with Crippen LogP contribution >= 0.6 is 0 Å². The van der Waals surface area contributed by atoms with Gasteiger partial charge in [0.15, 0.2) is 0 Å². The van der Waals surface area contributed by atoms with E-state index in [1.54, 1.807) is 13.2 Å². The minimum Gasteiger partial charge on any atom is -0.472 e. The van der Waals surface area contributed by atoms with Gasteiger partial charge in [-0.1, -0.05) is 46.3 Å². The number of rotatable bonds is 4. The van der Waals surface area contributed by atoms with Crippen LogP contribution in [0.25, 0.3) is 0 Å². The topological polar surface area (TPSA) is 95.2 Å². The van der Waals surface area contributed by atoms with Gasteiger partial charge in [-0.25, -0.2) is 0 Å². The van der Waals surface area contributed by atoms with Gasteiger partial charge in [-0.3, -0.25) is 9.59 Å². The van der Waals surface area contributed by atoms with Gasteiger partial charge >= 0.3 is 11.9 Å². The van der Waals surface area contributed by atoms with Crippen LogP contribution in [0, 0.1) is 33.5 Å². The summed E-state index contributed by atoms with van der Waals surface area (Å²) in [5.41, 5.74) is 0.923. The highest BCUT2D eigenvalue weighted by atomic mass is 16.6. The van der Waals surface area contributed by atoms with Crippen molar-refractivity contribution in [2.45, 2.75) is 104 Å². The minimum absolute atomic E-state index is 0.0712. The Kier molecular flexibility index (Phi) is 5.80. The normalized spacial score (nSPS) is 48.9. The van der Waals surface area contributed by atoms with Crippen molar-refractivity contribution in [3.05, 3.63) is 35.8 Å². The van der Waals surface area contributed by atoms with Crippen molar-refractivity contribution in [1.29, 1.82) is 0 Å². The molecule has 1 saturated heterocycles. The zero-order valence-electron chi connectivity index (χ0n) is 23.5. The molecule has 7 nitrogen and oxygen atoms in total. The van der Waals surface area contributed by atoms with Crippen LogP contribution < -0.4 is 0 Å². The van der Waals surface area contributed by atoms with Crippen LogP contribution in [-0.2, 0) is 23.8 Å². The Hall–Kier alpha value is -2.12. The van der Waals surface area contributed by atoms with Gasteiger partial charge in [0.2, 0.25) is 0 Å². The van der Waals surface area contributed by atoms with Crippen molar-refractivity contribution >= 4 is 11.9 Å². The first-order valence-electron chi connectivity index (χ1n) is 14.3. The molecule has 4 aliphatic carbocycles. The molecule has 0 aromatic carbocycles. The number of carbonyl (C=O) groups is 2. The molecule has 5 aliphatic rings. The molecule has 1 aromatic heterocycles. The third kappa shape index (κ3) is 3.15. The Morgan fingerprint density at radius 3 is 2.58 bits per heavy atom. The fraction of sp³-hybridized carbons (Fsp3) is 0.742. The van der Waals surface area contributed by atoms with E-state index in [0.29, 0.717) is 18.9 Å². The highest BCUT2D eigenvalue weighted by molar-refractivity contribution is 5.69. The molecule has 0 bridgehead atoms. The van der Waals surface area contributed by atoms with E-state index >= 15 is 0 Å². The summed E-state index contributed by atoms with van der Waals surface area (Å²) in [6, 6.07) is 2.07. The monoisotopic (exact) mass is 526 g/mol. The molecule has 3 saturated carbocycles. The van der Waals surface area contributed by atoms with E-state index in [2.05, 4.69) is 39.8 Å². The molecule has 11 atom stereocenters. The highest BCUT2D eigenvalue weighted by Gasteiger charge is 2.77. The maximum absolute atomic E-state index is 12.5. The number of furan rings is 1. The molecule has 2 heterocycles. The number of esters is 2. The second-order valence-electron chi connectivity index (χ2n) is 13.5. The molecular formula is C31H42O7. The Bertz CT molecular complexity index is 1160. The Morgan fingerprint density at radius 2 is 1.92 bits per heavy atom. The van der Waals surface area contributed by atoms with Gasteiger partial charge in [0.25, 0.3) is 0 Å². The molecule has 0 unspecified atom stereocenters. The maximum Gasteiger partial charge on any atom is 0.305 e. The Morgan fingerprint density at radius 1 is 1.16 bits per heavy atom. The molecular weight excluding hydrogens is 484 g/mol. The van der Waals surface area contributed by atoms with Crippen molar-refractivity contribution < 1.29 is 33.3 Å². The SMILES string of the molecule is CCC(=O)O[C@@H]1C[C@H](OC(C)=O)[C@@]2(C)[C@H]3[C@@H](OC[C@]13C)[C@@H](O)[C@@]1(C)C3=CC[C@@H](c4ccoc4)[C@]3(C)CC[C@@H]12. The van der Waals surface area contributed by atoms with Gasteiger partial charge in [-0.2, -0.15) is 0 Å². The number of allylic oxidation sites excluding steroid dienone is 1. The zero-order valence-corrected chi connectivity index (χ0v) is 23.5.